The van der Waals surface area contributed by atoms with Crippen molar-refractivity contribution in [1.82, 2.24) is 10.3 Å². The van der Waals surface area contributed by atoms with E-state index in [0.29, 0.717) is 27.7 Å². The largest absolute Gasteiger partial charge is 0.416 e. The minimum Gasteiger partial charge on any atom is -0.378 e. The first kappa shape index (κ1) is 22.3. The Hall–Kier alpha value is -2.91. The lowest BCUT2D eigenvalue weighted by atomic mass is 10.1. The van der Waals surface area contributed by atoms with E-state index in [1.54, 1.807) is 6.92 Å². The third-order valence-electron chi connectivity index (χ3n) is 5.23. The molecule has 3 aromatic rings. The first-order chi connectivity index (χ1) is 15.3. The zero-order valence-electron chi connectivity index (χ0n) is 17.4. The van der Waals surface area contributed by atoms with Gasteiger partial charge in [-0.1, -0.05) is 24.3 Å². The number of hydrogen-bond acceptors (Lipinski definition) is 5. The SMILES string of the molecule is Cc1nc(-c2ccc(C(F)(F)F)cc2)sc1C(=O)NCc1ccc(N2CCOCC2)cc1. The molecule has 0 unspecified atom stereocenters. The summed E-state index contributed by atoms with van der Waals surface area (Å²) in [6.07, 6.45) is -4.39. The summed E-state index contributed by atoms with van der Waals surface area (Å²) in [7, 11) is 0. The standard InChI is InChI=1S/C23H22F3N3O2S/c1-15-20(32-22(28-15)17-4-6-18(7-5-17)23(24,25)26)21(30)27-14-16-2-8-19(9-3-16)29-10-12-31-13-11-29/h2-9H,10-14H2,1H3,(H,27,30). The fraction of sp³-hybridized carbons (Fsp3) is 0.304. The van der Waals surface area contributed by atoms with Crippen molar-refractivity contribution < 1.29 is 22.7 Å². The summed E-state index contributed by atoms with van der Waals surface area (Å²) >= 11 is 1.17. The number of benzene rings is 2. The van der Waals surface area contributed by atoms with Gasteiger partial charge in [-0.25, -0.2) is 4.98 Å². The molecule has 0 spiro atoms. The molecule has 1 saturated heterocycles. The van der Waals surface area contributed by atoms with E-state index < -0.39 is 11.7 Å². The molecule has 0 atom stereocenters. The average molecular weight is 462 g/mol. The highest BCUT2D eigenvalue weighted by Crippen LogP contribution is 2.33. The van der Waals surface area contributed by atoms with Crippen molar-refractivity contribution in [1.29, 1.82) is 0 Å². The fourth-order valence-electron chi connectivity index (χ4n) is 3.44. The molecule has 1 amide bonds. The van der Waals surface area contributed by atoms with Crippen LogP contribution in [0.3, 0.4) is 0 Å². The number of amides is 1. The Morgan fingerprint density at radius 1 is 1.09 bits per heavy atom. The minimum absolute atomic E-state index is 0.254. The van der Waals surface area contributed by atoms with E-state index in [1.807, 2.05) is 24.3 Å². The van der Waals surface area contributed by atoms with Crippen molar-refractivity contribution >= 4 is 22.9 Å². The summed E-state index contributed by atoms with van der Waals surface area (Å²) in [6.45, 7) is 5.26. The van der Waals surface area contributed by atoms with E-state index in [2.05, 4.69) is 15.2 Å². The number of halogens is 3. The second kappa shape index (κ2) is 9.30. The first-order valence-electron chi connectivity index (χ1n) is 10.2. The topological polar surface area (TPSA) is 54.5 Å². The lowest BCUT2D eigenvalue weighted by Gasteiger charge is -2.28. The first-order valence-corrected chi connectivity index (χ1v) is 11.0. The molecular formula is C23H22F3N3O2S. The van der Waals surface area contributed by atoms with Crippen LogP contribution in [0, 0.1) is 6.92 Å². The van der Waals surface area contributed by atoms with E-state index in [1.165, 1.54) is 23.5 Å². The van der Waals surface area contributed by atoms with Crippen molar-refractivity contribution in [3.8, 4) is 10.6 Å². The predicted molar refractivity (Wildman–Crippen MR) is 118 cm³/mol. The van der Waals surface area contributed by atoms with Gasteiger partial charge in [-0.05, 0) is 36.8 Å². The van der Waals surface area contributed by atoms with Gasteiger partial charge in [0, 0.05) is 30.9 Å². The highest BCUT2D eigenvalue weighted by atomic mass is 32.1. The summed E-state index contributed by atoms with van der Waals surface area (Å²) in [6, 6.07) is 12.8. The average Bonchev–Trinajstić information content (AvgIpc) is 3.19. The molecule has 2 aromatic carbocycles. The Bertz CT molecular complexity index is 1070. The maximum atomic E-state index is 12.8. The van der Waals surface area contributed by atoms with Gasteiger partial charge in [-0.2, -0.15) is 13.2 Å². The van der Waals surface area contributed by atoms with Crippen LogP contribution in [-0.4, -0.2) is 37.2 Å². The Morgan fingerprint density at radius 3 is 2.38 bits per heavy atom. The molecule has 5 nitrogen and oxygen atoms in total. The van der Waals surface area contributed by atoms with Crippen LogP contribution in [0.25, 0.3) is 10.6 Å². The number of rotatable bonds is 5. The van der Waals surface area contributed by atoms with Crippen LogP contribution in [0.15, 0.2) is 48.5 Å². The zero-order chi connectivity index (χ0) is 22.7. The Kier molecular flexibility index (Phi) is 6.48. The van der Waals surface area contributed by atoms with Crippen molar-refractivity contribution in [3.05, 3.63) is 70.2 Å². The van der Waals surface area contributed by atoms with Gasteiger partial charge in [-0.3, -0.25) is 4.79 Å². The lowest BCUT2D eigenvalue weighted by Crippen LogP contribution is -2.36. The molecule has 1 aromatic heterocycles. The highest BCUT2D eigenvalue weighted by molar-refractivity contribution is 7.17. The molecule has 2 heterocycles. The third kappa shape index (κ3) is 5.11. The van der Waals surface area contributed by atoms with Gasteiger partial charge in [0.25, 0.3) is 5.91 Å². The normalized spacial score (nSPS) is 14.4. The molecule has 9 heteroatoms. The van der Waals surface area contributed by atoms with Gasteiger partial charge in [0.15, 0.2) is 0 Å². The van der Waals surface area contributed by atoms with Crippen molar-refractivity contribution in [2.24, 2.45) is 0 Å². The van der Waals surface area contributed by atoms with Crippen LogP contribution in [0.2, 0.25) is 0 Å². The van der Waals surface area contributed by atoms with E-state index in [4.69, 9.17) is 4.74 Å². The number of aromatic nitrogens is 1. The Balaban J connectivity index is 1.39. The van der Waals surface area contributed by atoms with Crippen LogP contribution in [0.1, 0.15) is 26.5 Å². The smallest absolute Gasteiger partial charge is 0.378 e. The maximum absolute atomic E-state index is 12.8. The van der Waals surface area contributed by atoms with Crippen molar-refractivity contribution in [3.63, 3.8) is 0 Å². The number of morpholine rings is 1. The number of carbonyl (C=O) groups is 1. The molecule has 32 heavy (non-hydrogen) atoms. The molecule has 0 bridgehead atoms. The fourth-order valence-corrected chi connectivity index (χ4v) is 4.43. The molecule has 1 aliphatic rings. The molecule has 1 N–H and O–H groups in total. The van der Waals surface area contributed by atoms with Gasteiger partial charge in [0.05, 0.1) is 24.5 Å². The van der Waals surface area contributed by atoms with Gasteiger partial charge in [0.1, 0.15) is 9.88 Å². The number of carbonyl (C=O) groups excluding carboxylic acids is 1. The number of hydrogen-bond donors (Lipinski definition) is 1. The molecule has 0 radical (unpaired) electrons. The van der Waals surface area contributed by atoms with Crippen molar-refractivity contribution in [2.45, 2.75) is 19.6 Å². The molecule has 0 saturated carbocycles. The summed E-state index contributed by atoms with van der Waals surface area (Å²) in [5, 5.41) is 3.41. The second-order valence-electron chi connectivity index (χ2n) is 7.46. The minimum atomic E-state index is -4.39. The summed E-state index contributed by atoms with van der Waals surface area (Å²) < 4.78 is 43.7. The van der Waals surface area contributed by atoms with E-state index in [0.717, 1.165) is 49.7 Å². The summed E-state index contributed by atoms with van der Waals surface area (Å²) in [5.41, 5.74) is 2.48. The predicted octanol–water partition coefficient (Wildman–Crippen LogP) is 4.90. The lowest BCUT2D eigenvalue weighted by molar-refractivity contribution is -0.137. The molecular weight excluding hydrogens is 439 g/mol. The van der Waals surface area contributed by atoms with Gasteiger partial charge in [-0.15, -0.1) is 11.3 Å². The van der Waals surface area contributed by atoms with Crippen LogP contribution >= 0.6 is 11.3 Å². The van der Waals surface area contributed by atoms with Gasteiger partial charge >= 0.3 is 6.18 Å². The van der Waals surface area contributed by atoms with E-state index in [-0.39, 0.29) is 5.91 Å². The summed E-state index contributed by atoms with van der Waals surface area (Å²) in [4.78, 5) is 19.8. The highest BCUT2D eigenvalue weighted by Gasteiger charge is 2.30. The molecule has 4 rings (SSSR count). The van der Waals surface area contributed by atoms with Gasteiger partial charge in [0.2, 0.25) is 0 Å². The van der Waals surface area contributed by atoms with Gasteiger partial charge < -0.3 is 15.0 Å². The monoisotopic (exact) mass is 461 g/mol. The molecule has 168 valence electrons. The van der Waals surface area contributed by atoms with Crippen molar-refractivity contribution in [2.75, 3.05) is 31.2 Å². The molecule has 1 aliphatic heterocycles. The van der Waals surface area contributed by atoms with Crippen LogP contribution in [-0.2, 0) is 17.5 Å². The number of thiazole rings is 1. The van der Waals surface area contributed by atoms with E-state index in [9.17, 15) is 18.0 Å². The summed E-state index contributed by atoms with van der Waals surface area (Å²) in [5.74, 6) is -0.254. The third-order valence-corrected chi connectivity index (χ3v) is 6.43. The van der Waals surface area contributed by atoms with Crippen LogP contribution in [0.4, 0.5) is 18.9 Å². The molecule has 1 fully saturated rings. The van der Waals surface area contributed by atoms with E-state index >= 15 is 0 Å². The zero-order valence-corrected chi connectivity index (χ0v) is 18.2. The quantitative estimate of drug-likeness (QED) is 0.587. The number of nitrogens with one attached hydrogen (secondary N) is 1. The number of anilines is 1. The second-order valence-corrected chi connectivity index (χ2v) is 8.46. The number of nitrogens with zero attached hydrogens (tertiary/aromatic N) is 2. The number of alkyl halides is 3. The number of aryl methyl sites for hydroxylation is 1. The Labute approximate surface area is 187 Å². The van der Waals surface area contributed by atoms with Crippen LogP contribution < -0.4 is 10.2 Å². The Morgan fingerprint density at radius 2 is 1.75 bits per heavy atom. The molecule has 0 aliphatic carbocycles. The number of ether oxygens (including phenoxy) is 1. The maximum Gasteiger partial charge on any atom is 0.416 e. The van der Waals surface area contributed by atoms with Crippen LogP contribution in [0.5, 0.6) is 0 Å².